The molecule has 1 fully saturated rings. The third-order valence-corrected chi connectivity index (χ3v) is 5.27. The van der Waals surface area contributed by atoms with Crippen molar-refractivity contribution in [2.45, 2.75) is 58.0 Å². The van der Waals surface area contributed by atoms with E-state index >= 15 is 0 Å². The van der Waals surface area contributed by atoms with E-state index in [0.29, 0.717) is 18.4 Å². The molecule has 1 aliphatic heterocycles. The van der Waals surface area contributed by atoms with E-state index in [2.05, 4.69) is 4.90 Å². The molecule has 4 nitrogen and oxygen atoms in total. The fourth-order valence-electron chi connectivity index (χ4n) is 3.97. The van der Waals surface area contributed by atoms with Gasteiger partial charge in [0.2, 0.25) is 0 Å². The minimum atomic E-state index is -0.282. The summed E-state index contributed by atoms with van der Waals surface area (Å²) < 4.78 is 11.5. The van der Waals surface area contributed by atoms with Crippen LogP contribution in [0.5, 0.6) is 5.75 Å². The van der Waals surface area contributed by atoms with E-state index < -0.39 is 0 Å². The molecular formula is C19H23NO3. The first-order valence-corrected chi connectivity index (χ1v) is 8.65. The van der Waals surface area contributed by atoms with Crippen molar-refractivity contribution < 1.29 is 9.15 Å². The smallest absolute Gasteiger partial charge is 0.336 e. The SMILES string of the molecule is Cc1cc(=O)oc2c3c(ccc12)OCN(C1CCCCCC1)C3. The largest absolute Gasteiger partial charge is 0.478 e. The average Bonchev–Trinajstić information content (AvgIpc) is 2.83. The fourth-order valence-corrected chi connectivity index (χ4v) is 3.97. The number of aryl methyl sites for hydroxylation is 1. The summed E-state index contributed by atoms with van der Waals surface area (Å²) in [6, 6.07) is 6.14. The molecule has 0 atom stereocenters. The number of fused-ring (bicyclic) bond motifs is 3. The third-order valence-electron chi connectivity index (χ3n) is 5.27. The number of hydrogen-bond acceptors (Lipinski definition) is 4. The molecule has 0 unspecified atom stereocenters. The molecule has 1 saturated carbocycles. The van der Waals surface area contributed by atoms with Gasteiger partial charge in [0.25, 0.3) is 0 Å². The van der Waals surface area contributed by atoms with Gasteiger partial charge in [-0.15, -0.1) is 0 Å². The van der Waals surface area contributed by atoms with Gasteiger partial charge in [0, 0.05) is 24.0 Å². The fraction of sp³-hybridized carbons (Fsp3) is 0.526. The summed E-state index contributed by atoms with van der Waals surface area (Å²) in [6.45, 7) is 3.40. The van der Waals surface area contributed by atoms with Gasteiger partial charge in [-0.2, -0.15) is 0 Å². The van der Waals surface area contributed by atoms with Crippen molar-refractivity contribution in [1.29, 1.82) is 0 Å². The Morgan fingerprint density at radius 1 is 1.13 bits per heavy atom. The van der Waals surface area contributed by atoms with Crippen LogP contribution in [0.1, 0.15) is 49.7 Å². The first kappa shape index (κ1) is 14.8. The van der Waals surface area contributed by atoms with Gasteiger partial charge in [-0.3, -0.25) is 4.90 Å². The van der Waals surface area contributed by atoms with Crippen molar-refractivity contribution in [2.24, 2.45) is 0 Å². The van der Waals surface area contributed by atoms with Crippen molar-refractivity contribution in [2.75, 3.05) is 6.73 Å². The van der Waals surface area contributed by atoms with Crippen LogP contribution in [0.2, 0.25) is 0 Å². The van der Waals surface area contributed by atoms with Gasteiger partial charge in [0.15, 0.2) is 0 Å². The summed E-state index contributed by atoms with van der Waals surface area (Å²) in [4.78, 5) is 14.2. The van der Waals surface area contributed by atoms with Crippen molar-refractivity contribution in [3.05, 3.63) is 39.7 Å². The molecule has 2 aliphatic rings. The second kappa shape index (κ2) is 6.00. The third kappa shape index (κ3) is 2.76. The lowest BCUT2D eigenvalue weighted by Gasteiger charge is -2.35. The van der Waals surface area contributed by atoms with Gasteiger partial charge in [-0.25, -0.2) is 4.79 Å². The lowest BCUT2D eigenvalue weighted by Crippen LogP contribution is -2.40. The molecule has 0 amide bonds. The molecule has 23 heavy (non-hydrogen) atoms. The number of hydrogen-bond donors (Lipinski definition) is 0. The van der Waals surface area contributed by atoms with Gasteiger partial charge >= 0.3 is 5.63 Å². The minimum Gasteiger partial charge on any atom is -0.478 e. The maximum absolute atomic E-state index is 11.8. The van der Waals surface area contributed by atoms with E-state index in [-0.39, 0.29) is 5.63 Å². The Kier molecular flexibility index (Phi) is 3.85. The first-order chi connectivity index (χ1) is 11.2. The lowest BCUT2D eigenvalue weighted by atomic mass is 10.0. The molecule has 4 heteroatoms. The normalized spacial score (nSPS) is 20.0. The van der Waals surface area contributed by atoms with Gasteiger partial charge in [0.1, 0.15) is 18.1 Å². The highest BCUT2D eigenvalue weighted by Gasteiger charge is 2.27. The zero-order valence-electron chi connectivity index (χ0n) is 13.6. The van der Waals surface area contributed by atoms with Crippen LogP contribution in [0, 0.1) is 6.92 Å². The molecule has 0 radical (unpaired) electrons. The van der Waals surface area contributed by atoms with E-state index in [1.54, 1.807) is 6.07 Å². The Morgan fingerprint density at radius 2 is 1.91 bits per heavy atom. The zero-order valence-corrected chi connectivity index (χ0v) is 13.6. The van der Waals surface area contributed by atoms with Crippen molar-refractivity contribution in [3.8, 4) is 5.75 Å². The monoisotopic (exact) mass is 313 g/mol. The summed E-state index contributed by atoms with van der Waals surface area (Å²) in [6.07, 6.45) is 7.78. The second-order valence-corrected chi connectivity index (χ2v) is 6.83. The molecule has 0 saturated heterocycles. The Morgan fingerprint density at radius 3 is 2.70 bits per heavy atom. The van der Waals surface area contributed by atoms with Crippen LogP contribution in [0.3, 0.4) is 0 Å². The number of rotatable bonds is 1. The van der Waals surface area contributed by atoms with Crippen LogP contribution in [0.4, 0.5) is 0 Å². The maximum Gasteiger partial charge on any atom is 0.336 e. The molecule has 122 valence electrons. The summed E-state index contributed by atoms with van der Waals surface area (Å²) in [7, 11) is 0. The van der Waals surface area contributed by atoms with Crippen LogP contribution < -0.4 is 10.4 Å². The van der Waals surface area contributed by atoms with Crippen LogP contribution in [0.15, 0.2) is 27.4 Å². The van der Waals surface area contributed by atoms with Gasteiger partial charge < -0.3 is 9.15 Å². The van der Waals surface area contributed by atoms with E-state index in [9.17, 15) is 4.79 Å². The van der Waals surface area contributed by atoms with Gasteiger partial charge in [-0.05, 0) is 37.5 Å². The highest BCUT2D eigenvalue weighted by atomic mass is 16.5. The minimum absolute atomic E-state index is 0.282. The van der Waals surface area contributed by atoms with Crippen LogP contribution in [0.25, 0.3) is 11.0 Å². The van der Waals surface area contributed by atoms with Crippen molar-refractivity contribution >= 4 is 11.0 Å². The molecule has 1 aromatic carbocycles. The van der Waals surface area contributed by atoms with E-state index in [1.807, 2.05) is 19.1 Å². The number of benzene rings is 1. The highest BCUT2D eigenvalue weighted by molar-refractivity contribution is 5.85. The first-order valence-electron chi connectivity index (χ1n) is 8.65. The standard InChI is InChI=1S/C19H23NO3/c1-13-10-18(21)23-19-15(13)8-9-17-16(19)11-20(12-22-17)14-6-4-2-3-5-7-14/h8-10,14H,2-7,11-12H2,1H3. The van der Waals surface area contributed by atoms with E-state index in [0.717, 1.165) is 28.8 Å². The predicted molar refractivity (Wildman–Crippen MR) is 89.7 cm³/mol. The quantitative estimate of drug-likeness (QED) is 0.590. The molecule has 1 aromatic heterocycles. The lowest BCUT2D eigenvalue weighted by molar-refractivity contribution is 0.0495. The van der Waals surface area contributed by atoms with Crippen molar-refractivity contribution in [1.82, 2.24) is 4.90 Å². The molecular weight excluding hydrogens is 290 g/mol. The Bertz CT molecular complexity index is 772. The molecule has 0 bridgehead atoms. The van der Waals surface area contributed by atoms with Crippen molar-refractivity contribution in [3.63, 3.8) is 0 Å². The maximum atomic E-state index is 11.8. The molecule has 2 aromatic rings. The summed E-state index contributed by atoms with van der Waals surface area (Å²) in [5, 5.41) is 1.01. The highest BCUT2D eigenvalue weighted by Crippen LogP contribution is 2.35. The van der Waals surface area contributed by atoms with Gasteiger partial charge in [-0.1, -0.05) is 25.7 Å². The number of ether oxygens (including phenoxy) is 1. The summed E-state index contributed by atoms with van der Waals surface area (Å²) in [5.74, 6) is 0.858. The molecule has 4 rings (SSSR count). The second-order valence-electron chi connectivity index (χ2n) is 6.83. The number of nitrogens with zero attached hydrogens (tertiary/aromatic N) is 1. The molecule has 0 spiro atoms. The summed E-state index contributed by atoms with van der Waals surface area (Å²) >= 11 is 0. The Labute approximate surface area is 136 Å². The molecule has 0 N–H and O–H groups in total. The predicted octanol–water partition coefficient (Wildman–Crippen LogP) is 3.98. The Hall–Kier alpha value is -1.81. The zero-order chi connectivity index (χ0) is 15.8. The average molecular weight is 313 g/mol. The summed E-state index contributed by atoms with van der Waals surface area (Å²) in [5.41, 5.74) is 2.41. The topological polar surface area (TPSA) is 42.7 Å². The molecule has 2 heterocycles. The van der Waals surface area contributed by atoms with Crippen LogP contribution >= 0.6 is 0 Å². The van der Waals surface area contributed by atoms with Gasteiger partial charge in [0.05, 0.1) is 5.56 Å². The van der Waals surface area contributed by atoms with Crippen LogP contribution in [-0.4, -0.2) is 17.7 Å². The van der Waals surface area contributed by atoms with E-state index in [1.165, 1.54) is 38.5 Å². The molecule has 1 aliphatic carbocycles. The Balaban J connectivity index is 1.72. The van der Waals surface area contributed by atoms with E-state index in [4.69, 9.17) is 9.15 Å². The van der Waals surface area contributed by atoms with Crippen LogP contribution in [-0.2, 0) is 6.54 Å².